The Morgan fingerprint density at radius 3 is 2.94 bits per heavy atom. The van der Waals surface area contributed by atoms with Crippen LogP contribution in [0.2, 0.25) is 0 Å². The lowest BCUT2D eigenvalue weighted by Crippen LogP contribution is -2.14. The van der Waals surface area contributed by atoms with Crippen LogP contribution in [-0.2, 0) is 9.53 Å². The molecule has 1 aromatic carbocycles. The predicted octanol–water partition coefficient (Wildman–Crippen LogP) is 3.31. The van der Waals surface area contributed by atoms with Crippen LogP contribution in [0.4, 0.5) is 16.2 Å². The summed E-state index contributed by atoms with van der Waals surface area (Å²) in [4.78, 5) is 25.1. The van der Waals surface area contributed by atoms with E-state index in [-0.39, 0.29) is 0 Å². The molecule has 18 heavy (non-hydrogen) atoms. The van der Waals surface area contributed by atoms with Gasteiger partial charge in [-0.1, -0.05) is 19.4 Å². The zero-order valence-electron chi connectivity index (χ0n) is 10.5. The van der Waals surface area contributed by atoms with Crippen molar-refractivity contribution in [2.45, 2.75) is 26.7 Å². The summed E-state index contributed by atoms with van der Waals surface area (Å²) in [6.07, 6.45) is 2.76. The molecule has 1 amide bonds. The topological polar surface area (TPSA) is 67.8 Å². The van der Waals surface area contributed by atoms with E-state index in [1.54, 1.807) is 18.2 Å². The van der Waals surface area contributed by atoms with Gasteiger partial charge in [-0.05, 0) is 31.0 Å². The molecule has 0 saturated heterocycles. The zero-order valence-corrected chi connectivity index (χ0v) is 10.5. The third kappa shape index (κ3) is 4.39. The van der Waals surface area contributed by atoms with Gasteiger partial charge in [0.25, 0.3) is 0 Å². The van der Waals surface area contributed by atoms with Gasteiger partial charge in [0.2, 0.25) is 6.08 Å². The van der Waals surface area contributed by atoms with Crippen molar-refractivity contribution in [3.63, 3.8) is 0 Å². The molecule has 0 saturated carbocycles. The van der Waals surface area contributed by atoms with Crippen LogP contribution in [0.1, 0.15) is 25.3 Å². The standard InChI is InChI=1S/C13H16N2O3/c1-3-4-7-18-13(17)15-12-8-11(14-9-16)6-5-10(12)2/h5-6,8H,3-4,7H2,1-2H3,(H,15,17). The predicted molar refractivity (Wildman–Crippen MR) is 68.8 cm³/mol. The van der Waals surface area contributed by atoms with Crippen molar-refractivity contribution in [2.24, 2.45) is 4.99 Å². The Hall–Kier alpha value is -2.13. The van der Waals surface area contributed by atoms with Crippen molar-refractivity contribution in [2.75, 3.05) is 11.9 Å². The summed E-state index contributed by atoms with van der Waals surface area (Å²) in [6.45, 7) is 4.26. The molecule has 5 nitrogen and oxygen atoms in total. The van der Waals surface area contributed by atoms with Crippen molar-refractivity contribution >= 4 is 23.5 Å². The number of aliphatic imine (C=N–C) groups is 1. The molecule has 0 bridgehead atoms. The first-order valence-electron chi connectivity index (χ1n) is 5.79. The van der Waals surface area contributed by atoms with E-state index in [0.717, 1.165) is 18.4 Å². The second-order valence-electron chi connectivity index (χ2n) is 3.82. The largest absolute Gasteiger partial charge is 0.449 e. The molecular formula is C13H16N2O3. The number of benzene rings is 1. The molecule has 0 aliphatic heterocycles. The Morgan fingerprint density at radius 2 is 2.28 bits per heavy atom. The minimum absolute atomic E-state index is 0.396. The fraction of sp³-hybridized carbons (Fsp3) is 0.385. The van der Waals surface area contributed by atoms with Crippen LogP contribution in [-0.4, -0.2) is 18.8 Å². The Labute approximate surface area is 106 Å². The van der Waals surface area contributed by atoms with Gasteiger partial charge in [0.1, 0.15) is 0 Å². The summed E-state index contributed by atoms with van der Waals surface area (Å²) >= 11 is 0. The number of rotatable bonds is 5. The lowest BCUT2D eigenvalue weighted by Gasteiger charge is -2.09. The first-order chi connectivity index (χ1) is 8.67. The van der Waals surface area contributed by atoms with Crippen LogP contribution in [0.5, 0.6) is 0 Å². The molecule has 0 fully saturated rings. The second kappa shape index (κ2) is 7.25. The Kier molecular flexibility index (Phi) is 5.61. The molecule has 0 spiro atoms. The van der Waals surface area contributed by atoms with Gasteiger partial charge in [0.15, 0.2) is 0 Å². The first kappa shape index (κ1) is 13.9. The highest BCUT2D eigenvalue weighted by Gasteiger charge is 2.06. The minimum Gasteiger partial charge on any atom is -0.449 e. The minimum atomic E-state index is -0.501. The van der Waals surface area contributed by atoms with Crippen LogP contribution in [0.3, 0.4) is 0 Å². The van der Waals surface area contributed by atoms with Gasteiger partial charge < -0.3 is 4.74 Å². The summed E-state index contributed by atoms with van der Waals surface area (Å²) in [6, 6.07) is 5.03. The van der Waals surface area contributed by atoms with Crippen molar-refractivity contribution < 1.29 is 14.3 Å². The van der Waals surface area contributed by atoms with E-state index in [4.69, 9.17) is 4.74 Å². The van der Waals surface area contributed by atoms with Crippen molar-refractivity contribution in [1.29, 1.82) is 0 Å². The van der Waals surface area contributed by atoms with Crippen molar-refractivity contribution in [1.82, 2.24) is 0 Å². The number of amides is 1. The Bertz CT molecular complexity index is 465. The maximum atomic E-state index is 11.5. The highest BCUT2D eigenvalue weighted by molar-refractivity contribution is 5.86. The van der Waals surface area contributed by atoms with E-state index >= 15 is 0 Å². The molecule has 0 radical (unpaired) electrons. The molecule has 96 valence electrons. The first-order valence-corrected chi connectivity index (χ1v) is 5.79. The van der Waals surface area contributed by atoms with Gasteiger partial charge >= 0.3 is 6.09 Å². The molecule has 1 aromatic rings. The molecule has 0 aromatic heterocycles. The van der Waals surface area contributed by atoms with Gasteiger partial charge in [-0.15, -0.1) is 0 Å². The Morgan fingerprint density at radius 1 is 1.50 bits per heavy atom. The summed E-state index contributed by atoms with van der Waals surface area (Å²) in [5.74, 6) is 0. The van der Waals surface area contributed by atoms with E-state index in [1.807, 2.05) is 13.8 Å². The molecule has 0 unspecified atom stereocenters. The summed E-state index contributed by atoms with van der Waals surface area (Å²) in [5.41, 5.74) is 1.89. The number of carbonyl (C=O) groups excluding carboxylic acids is 2. The van der Waals surface area contributed by atoms with Crippen molar-refractivity contribution in [3.8, 4) is 0 Å². The van der Waals surface area contributed by atoms with E-state index in [9.17, 15) is 9.59 Å². The van der Waals surface area contributed by atoms with Crippen LogP contribution in [0.25, 0.3) is 0 Å². The van der Waals surface area contributed by atoms with Crippen LogP contribution < -0.4 is 5.32 Å². The number of hydrogen-bond acceptors (Lipinski definition) is 4. The number of unbranched alkanes of at least 4 members (excludes halogenated alkanes) is 1. The van der Waals surface area contributed by atoms with E-state index in [2.05, 4.69) is 10.3 Å². The van der Waals surface area contributed by atoms with Crippen LogP contribution in [0.15, 0.2) is 23.2 Å². The van der Waals surface area contributed by atoms with E-state index in [0.29, 0.717) is 18.0 Å². The second-order valence-corrected chi connectivity index (χ2v) is 3.82. The maximum absolute atomic E-state index is 11.5. The van der Waals surface area contributed by atoms with Gasteiger partial charge in [-0.2, -0.15) is 4.99 Å². The molecule has 0 atom stereocenters. The SMILES string of the molecule is CCCCOC(=O)Nc1cc(N=C=O)ccc1C. The average molecular weight is 248 g/mol. The zero-order chi connectivity index (χ0) is 13.4. The molecule has 1 N–H and O–H groups in total. The number of anilines is 1. The lowest BCUT2D eigenvalue weighted by atomic mass is 10.2. The molecular weight excluding hydrogens is 232 g/mol. The van der Waals surface area contributed by atoms with Gasteiger partial charge in [0.05, 0.1) is 12.3 Å². The normalized spacial score (nSPS) is 9.44. The highest BCUT2D eigenvalue weighted by atomic mass is 16.5. The molecule has 5 heteroatoms. The number of aryl methyl sites for hydroxylation is 1. The number of hydrogen-bond donors (Lipinski definition) is 1. The van der Waals surface area contributed by atoms with Gasteiger partial charge in [-0.3, -0.25) is 5.32 Å². The fourth-order valence-corrected chi connectivity index (χ4v) is 1.32. The molecule has 0 aliphatic carbocycles. The smallest absolute Gasteiger partial charge is 0.411 e. The average Bonchev–Trinajstić information content (AvgIpc) is 2.34. The number of nitrogens with one attached hydrogen (secondary N) is 1. The monoisotopic (exact) mass is 248 g/mol. The number of ether oxygens (including phenoxy) is 1. The van der Waals surface area contributed by atoms with Crippen LogP contribution >= 0.6 is 0 Å². The summed E-state index contributed by atoms with van der Waals surface area (Å²) in [5, 5.41) is 2.62. The number of isocyanates is 1. The molecule has 0 heterocycles. The van der Waals surface area contributed by atoms with Crippen LogP contribution in [0, 0.1) is 6.92 Å². The van der Waals surface area contributed by atoms with E-state index in [1.165, 1.54) is 6.08 Å². The van der Waals surface area contributed by atoms with Gasteiger partial charge in [0, 0.05) is 5.69 Å². The highest BCUT2D eigenvalue weighted by Crippen LogP contribution is 2.22. The molecule has 1 rings (SSSR count). The summed E-state index contributed by atoms with van der Waals surface area (Å²) < 4.78 is 4.98. The molecule has 0 aliphatic rings. The van der Waals surface area contributed by atoms with Crippen molar-refractivity contribution in [3.05, 3.63) is 23.8 Å². The third-order valence-electron chi connectivity index (χ3n) is 2.36. The van der Waals surface area contributed by atoms with Gasteiger partial charge in [-0.25, -0.2) is 9.59 Å². The maximum Gasteiger partial charge on any atom is 0.411 e. The number of nitrogens with zero attached hydrogens (tertiary/aromatic N) is 1. The Balaban J connectivity index is 2.68. The quantitative estimate of drug-likeness (QED) is 0.493. The lowest BCUT2D eigenvalue weighted by molar-refractivity contribution is 0.160. The fourth-order valence-electron chi connectivity index (χ4n) is 1.32. The third-order valence-corrected chi connectivity index (χ3v) is 2.36. The number of carbonyl (C=O) groups is 1. The van der Waals surface area contributed by atoms with E-state index < -0.39 is 6.09 Å². The summed E-state index contributed by atoms with van der Waals surface area (Å²) in [7, 11) is 0.